The molecule has 0 radical (unpaired) electrons. The molecule has 0 bridgehead atoms. The minimum Gasteiger partial charge on any atom is -0.468 e. The number of nitrogens with one attached hydrogen (secondary N) is 2. The number of hydrogen-bond acceptors (Lipinski definition) is 6. The van der Waals surface area contributed by atoms with Crippen molar-refractivity contribution in [3.05, 3.63) is 29.2 Å². The second-order valence-electron chi connectivity index (χ2n) is 5.21. The second-order valence-corrected chi connectivity index (χ2v) is 6.22. The number of amides is 1. The molecule has 2 aromatic heterocycles. The minimum atomic E-state index is -0.0485. The molecule has 1 saturated carbocycles. The lowest BCUT2D eigenvalue weighted by Gasteiger charge is -2.10. The molecule has 1 aliphatic rings. The third-order valence-electron chi connectivity index (χ3n) is 3.39. The standard InChI is InChI=1S/C14H18N4O2S/c1-9(11-3-2-8-20-11)15-7-6-12(19)16-14-18-17-13(21-14)10-4-5-10/h2-3,8-10,15H,4-7H2,1H3,(H,16,18,19)/t9-/m0/s1. The van der Waals surface area contributed by atoms with E-state index in [1.54, 1.807) is 6.26 Å². The van der Waals surface area contributed by atoms with Crippen LogP contribution in [0.5, 0.6) is 0 Å². The summed E-state index contributed by atoms with van der Waals surface area (Å²) in [5.74, 6) is 1.39. The molecule has 0 spiro atoms. The van der Waals surface area contributed by atoms with Gasteiger partial charge in [-0.1, -0.05) is 11.3 Å². The lowest BCUT2D eigenvalue weighted by Crippen LogP contribution is -2.24. The Labute approximate surface area is 127 Å². The van der Waals surface area contributed by atoms with Crippen molar-refractivity contribution in [1.29, 1.82) is 0 Å². The Morgan fingerprint density at radius 1 is 1.52 bits per heavy atom. The highest BCUT2D eigenvalue weighted by atomic mass is 32.1. The van der Waals surface area contributed by atoms with Crippen LogP contribution in [0.4, 0.5) is 5.13 Å². The number of carbonyl (C=O) groups is 1. The van der Waals surface area contributed by atoms with Gasteiger partial charge in [-0.25, -0.2) is 0 Å². The van der Waals surface area contributed by atoms with E-state index in [0.717, 1.165) is 10.8 Å². The van der Waals surface area contributed by atoms with Gasteiger partial charge < -0.3 is 15.1 Å². The molecule has 2 heterocycles. The zero-order valence-corrected chi connectivity index (χ0v) is 12.7. The summed E-state index contributed by atoms with van der Waals surface area (Å²) in [5, 5.41) is 15.8. The van der Waals surface area contributed by atoms with Gasteiger partial charge in [0, 0.05) is 18.9 Å². The second kappa shape index (κ2) is 6.36. The van der Waals surface area contributed by atoms with E-state index in [2.05, 4.69) is 20.8 Å². The zero-order valence-electron chi connectivity index (χ0n) is 11.8. The summed E-state index contributed by atoms with van der Waals surface area (Å²) in [6.45, 7) is 2.59. The average molecular weight is 306 g/mol. The lowest BCUT2D eigenvalue weighted by atomic mass is 10.2. The van der Waals surface area contributed by atoms with Crippen LogP contribution in [0.3, 0.4) is 0 Å². The van der Waals surface area contributed by atoms with E-state index in [9.17, 15) is 4.79 Å². The summed E-state index contributed by atoms with van der Waals surface area (Å²) in [7, 11) is 0. The third-order valence-corrected chi connectivity index (χ3v) is 4.39. The lowest BCUT2D eigenvalue weighted by molar-refractivity contribution is -0.116. The van der Waals surface area contributed by atoms with Crippen molar-refractivity contribution >= 4 is 22.4 Å². The van der Waals surface area contributed by atoms with Crippen LogP contribution in [0.2, 0.25) is 0 Å². The summed E-state index contributed by atoms with van der Waals surface area (Å²) >= 11 is 1.48. The van der Waals surface area contributed by atoms with E-state index >= 15 is 0 Å². The fourth-order valence-electron chi connectivity index (χ4n) is 2.00. The fourth-order valence-corrected chi connectivity index (χ4v) is 2.93. The van der Waals surface area contributed by atoms with Crippen LogP contribution in [0, 0.1) is 0 Å². The molecule has 112 valence electrons. The zero-order chi connectivity index (χ0) is 14.7. The molecule has 1 aliphatic carbocycles. The summed E-state index contributed by atoms with van der Waals surface area (Å²) in [4.78, 5) is 11.8. The predicted octanol–water partition coefficient (Wildman–Crippen LogP) is 2.69. The molecule has 0 aliphatic heterocycles. The summed E-state index contributed by atoms with van der Waals surface area (Å²) in [5.41, 5.74) is 0. The van der Waals surface area contributed by atoms with E-state index in [0.29, 0.717) is 24.0 Å². The Balaban J connectivity index is 1.39. The Hall–Kier alpha value is -1.73. The number of furan rings is 1. The molecular formula is C14H18N4O2S. The molecule has 7 heteroatoms. The molecule has 0 saturated heterocycles. The molecule has 21 heavy (non-hydrogen) atoms. The minimum absolute atomic E-state index is 0.0485. The summed E-state index contributed by atoms with van der Waals surface area (Å²) < 4.78 is 5.30. The third kappa shape index (κ3) is 3.89. The fraction of sp³-hybridized carbons (Fsp3) is 0.500. The first-order valence-corrected chi connectivity index (χ1v) is 7.94. The maximum absolute atomic E-state index is 11.8. The Morgan fingerprint density at radius 2 is 2.38 bits per heavy atom. The van der Waals surface area contributed by atoms with Gasteiger partial charge in [0.05, 0.1) is 12.3 Å². The highest BCUT2D eigenvalue weighted by Crippen LogP contribution is 2.42. The number of rotatable bonds is 7. The van der Waals surface area contributed by atoms with Gasteiger partial charge in [-0.2, -0.15) is 0 Å². The van der Waals surface area contributed by atoms with Crippen LogP contribution in [0.25, 0.3) is 0 Å². The highest BCUT2D eigenvalue weighted by Gasteiger charge is 2.27. The number of carbonyl (C=O) groups excluding carboxylic acids is 1. The number of aromatic nitrogens is 2. The van der Waals surface area contributed by atoms with Crippen molar-refractivity contribution in [3.8, 4) is 0 Å². The first kappa shape index (κ1) is 14.2. The topological polar surface area (TPSA) is 80.0 Å². The maximum atomic E-state index is 11.8. The van der Waals surface area contributed by atoms with Crippen molar-refractivity contribution in [1.82, 2.24) is 15.5 Å². The number of hydrogen-bond donors (Lipinski definition) is 2. The van der Waals surface area contributed by atoms with Crippen molar-refractivity contribution in [2.24, 2.45) is 0 Å². The molecule has 0 unspecified atom stereocenters. The molecule has 3 rings (SSSR count). The quantitative estimate of drug-likeness (QED) is 0.822. The van der Waals surface area contributed by atoms with E-state index in [-0.39, 0.29) is 11.9 Å². The average Bonchev–Trinajstić information content (AvgIpc) is 2.99. The Kier molecular flexibility index (Phi) is 4.31. The normalized spacial score (nSPS) is 15.9. The van der Waals surface area contributed by atoms with Crippen LogP contribution in [-0.2, 0) is 4.79 Å². The Bertz CT molecular complexity index is 592. The van der Waals surface area contributed by atoms with Gasteiger partial charge in [0.25, 0.3) is 0 Å². The van der Waals surface area contributed by atoms with E-state index in [1.807, 2.05) is 19.1 Å². The van der Waals surface area contributed by atoms with Crippen molar-refractivity contribution in [3.63, 3.8) is 0 Å². The first-order chi connectivity index (χ1) is 10.2. The van der Waals surface area contributed by atoms with E-state index in [4.69, 9.17) is 4.42 Å². The van der Waals surface area contributed by atoms with Crippen molar-refractivity contribution in [2.75, 3.05) is 11.9 Å². The van der Waals surface area contributed by atoms with Crippen molar-refractivity contribution in [2.45, 2.75) is 38.1 Å². The Morgan fingerprint density at radius 3 is 3.10 bits per heavy atom. The highest BCUT2D eigenvalue weighted by molar-refractivity contribution is 7.15. The number of nitrogens with zero attached hydrogens (tertiary/aromatic N) is 2. The SMILES string of the molecule is C[C@H](NCCC(=O)Nc1nnc(C2CC2)s1)c1ccco1. The van der Waals surface area contributed by atoms with Gasteiger partial charge in [-0.3, -0.25) is 4.79 Å². The first-order valence-electron chi connectivity index (χ1n) is 7.12. The van der Waals surface area contributed by atoms with Crippen molar-refractivity contribution < 1.29 is 9.21 Å². The predicted molar refractivity (Wildman–Crippen MR) is 80.3 cm³/mol. The van der Waals surface area contributed by atoms with Crippen LogP contribution in [0.15, 0.2) is 22.8 Å². The molecular weight excluding hydrogens is 288 g/mol. The summed E-state index contributed by atoms with van der Waals surface area (Å²) in [6.07, 6.45) is 4.42. The molecule has 0 aromatic carbocycles. The number of anilines is 1. The largest absolute Gasteiger partial charge is 0.468 e. The van der Waals surface area contributed by atoms with Crippen LogP contribution in [-0.4, -0.2) is 22.6 Å². The molecule has 1 amide bonds. The summed E-state index contributed by atoms with van der Waals surface area (Å²) in [6, 6.07) is 3.86. The van der Waals surface area contributed by atoms with Crippen LogP contribution < -0.4 is 10.6 Å². The molecule has 6 nitrogen and oxygen atoms in total. The van der Waals surface area contributed by atoms with Gasteiger partial charge in [-0.15, -0.1) is 10.2 Å². The van der Waals surface area contributed by atoms with Gasteiger partial charge in [0.2, 0.25) is 11.0 Å². The van der Waals surface area contributed by atoms with Crippen LogP contribution in [0.1, 0.15) is 48.9 Å². The van der Waals surface area contributed by atoms with Gasteiger partial charge >= 0.3 is 0 Å². The smallest absolute Gasteiger partial charge is 0.227 e. The molecule has 1 atom stereocenters. The van der Waals surface area contributed by atoms with Crippen LogP contribution >= 0.6 is 11.3 Å². The van der Waals surface area contributed by atoms with Gasteiger partial charge in [-0.05, 0) is 31.9 Å². The van der Waals surface area contributed by atoms with E-state index < -0.39 is 0 Å². The maximum Gasteiger partial charge on any atom is 0.227 e. The monoisotopic (exact) mass is 306 g/mol. The molecule has 1 fully saturated rings. The van der Waals surface area contributed by atoms with E-state index in [1.165, 1.54) is 24.2 Å². The molecule has 2 aromatic rings. The molecule has 2 N–H and O–H groups in total. The van der Waals surface area contributed by atoms with Gasteiger partial charge in [0.1, 0.15) is 10.8 Å². The van der Waals surface area contributed by atoms with Gasteiger partial charge in [0.15, 0.2) is 0 Å².